The molecular formula is C19H18N4O4. The molecule has 1 aliphatic rings. The second-order valence-electron chi connectivity index (χ2n) is 6.14. The first-order valence-electron chi connectivity index (χ1n) is 8.66. The second-order valence-corrected chi connectivity index (χ2v) is 6.14. The quantitative estimate of drug-likeness (QED) is 0.650. The number of para-hydroxylation sites is 1. The molecule has 0 radical (unpaired) electrons. The minimum atomic E-state index is -0.643. The number of benzene rings is 1. The van der Waals surface area contributed by atoms with Gasteiger partial charge in [0.1, 0.15) is 5.58 Å². The van der Waals surface area contributed by atoms with Crippen molar-refractivity contribution >= 4 is 28.8 Å². The molecule has 8 heteroatoms. The van der Waals surface area contributed by atoms with Crippen LogP contribution < -0.4 is 4.90 Å². The van der Waals surface area contributed by atoms with Crippen LogP contribution in [0.15, 0.2) is 53.2 Å². The van der Waals surface area contributed by atoms with E-state index < -0.39 is 5.97 Å². The average Bonchev–Trinajstić information content (AvgIpc) is 3.17. The number of piperazine rings is 1. The number of carbonyl (C=O) groups excluding carboxylic acids is 2. The maximum atomic E-state index is 12.3. The molecule has 1 aliphatic heterocycles. The van der Waals surface area contributed by atoms with Crippen molar-refractivity contribution in [2.24, 2.45) is 0 Å². The van der Waals surface area contributed by atoms with E-state index in [9.17, 15) is 9.59 Å². The largest absolute Gasteiger partial charge is 0.450 e. The first kappa shape index (κ1) is 17.0. The molecule has 1 fully saturated rings. The first-order chi connectivity index (χ1) is 13.2. The van der Waals surface area contributed by atoms with Crippen molar-refractivity contribution in [1.29, 1.82) is 0 Å². The lowest BCUT2D eigenvalue weighted by atomic mass is 10.2. The van der Waals surface area contributed by atoms with Crippen LogP contribution in [0.1, 0.15) is 10.6 Å². The van der Waals surface area contributed by atoms with E-state index in [-0.39, 0.29) is 18.3 Å². The van der Waals surface area contributed by atoms with Gasteiger partial charge >= 0.3 is 5.97 Å². The van der Waals surface area contributed by atoms with Crippen LogP contribution in [0.5, 0.6) is 0 Å². The molecule has 1 aromatic carbocycles. The number of esters is 1. The summed E-state index contributed by atoms with van der Waals surface area (Å²) >= 11 is 0. The topological polar surface area (TPSA) is 88.8 Å². The lowest BCUT2D eigenvalue weighted by molar-refractivity contribution is -0.134. The molecule has 138 valence electrons. The molecule has 0 bridgehead atoms. The molecule has 4 rings (SSSR count). The van der Waals surface area contributed by atoms with Crippen molar-refractivity contribution in [1.82, 2.24) is 14.9 Å². The van der Waals surface area contributed by atoms with Gasteiger partial charge in [-0.15, -0.1) is 0 Å². The zero-order valence-corrected chi connectivity index (χ0v) is 14.6. The van der Waals surface area contributed by atoms with Gasteiger partial charge < -0.3 is 19.0 Å². The van der Waals surface area contributed by atoms with E-state index in [2.05, 4.69) is 9.97 Å². The molecule has 0 saturated carbocycles. The first-order valence-corrected chi connectivity index (χ1v) is 8.66. The van der Waals surface area contributed by atoms with Crippen LogP contribution in [-0.4, -0.2) is 59.5 Å². The number of aromatic nitrogens is 2. The molecule has 0 atom stereocenters. The molecule has 0 unspecified atom stereocenters. The van der Waals surface area contributed by atoms with Gasteiger partial charge in [-0.2, -0.15) is 0 Å². The fourth-order valence-electron chi connectivity index (χ4n) is 2.98. The highest BCUT2D eigenvalue weighted by Crippen LogP contribution is 2.19. The number of carbonyl (C=O) groups is 2. The van der Waals surface area contributed by atoms with Crippen LogP contribution in [0.3, 0.4) is 0 Å². The van der Waals surface area contributed by atoms with E-state index in [1.807, 2.05) is 23.1 Å². The summed E-state index contributed by atoms with van der Waals surface area (Å²) in [4.78, 5) is 36.6. The Morgan fingerprint density at radius 2 is 1.78 bits per heavy atom. The predicted octanol–water partition coefficient (Wildman–Crippen LogP) is 1.73. The highest BCUT2D eigenvalue weighted by Gasteiger charge is 2.24. The molecule has 0 spiro atoms. The van der Waals surface area contributed by atoms with Crippen LogP contribution in [0, 0.1) is 0 Å². The SMILES string of the molecule is O=C(OCC(=O)N1CCN(c2ncccn2)CC1)c1cc2ccccc2o1. The third-order valence-electron chi connectivity index (χ3n) is 4.42. The smallest absolute Gasteiger partial charge is 0.374 e. The fourth-order valence-corrected chi connectivity index (χ4v) is 2.98. The Labute approximate surface area is 155 Å². The standard InChI is InChI=1S/C19H18N4O4/c24-17(22-8-10-23(11-9-22)19-20-6-3-7-21-19)13-26-18(25)16-12-14-4-1-2-5-15(14)27-16/h1-7,12H,8-11,13H2. The van der Waals surface area contributed by atoms with Gasteiger partial charge in [-0.05, 0) is 18.2 Å². The molecule has 3 heterocycles. The summed E-state index contributed by atoms with van der Waals surface area (Å²) in [6.07, 6.45) is 3.38. The zero-order chi connectivity index (χ0) is 18.6. The number of ether oxygens (including phenoxy) is 1. The van der Waals surface area contributed by atoms with Gasteiger partial charge in [0, 0.05) is 44.0 Å². The van der Waals surface area contributed by atoms with E-state index in [0.29, 0.717) is 37.7 Å². The van der Waals surface area contributed by atoms with Crippen molar-refractivity contribution in [2.45, 2.75) is 0 Å². The summed E-state index contributed by atoms with van der Waals surface area (Å²) < 4.78 is 10.6. The molecule has 8 nitrogen and oxygen atoms in total. The third-order valence-corrected chi connectivity index (χ3v) is 4.42. The Bertz CT molecular complexity index is 916. The van der Waals surface area contributed by atoms with Gasteiger partial charge in [0.25, 0.3) is 5.91 Å². The second kappa shape index (κ2) is 7.45. The van der Waals surface area contributed by atoms with E-state index >= 15 is 0 Å². The number of amides is 1. The van der Waals surface area contributed by atoms with E-state index in [0.717, 1.165) is 5.39 Å². The number of rotatable bonds is 4. The maximum absolute atomic E-state index is 12.3. The predicted molar refractivity (Wildman–Crippen MR) is 97.3 cm³/mol. The van der Waals surface area contributed by atoms with Crippen molar-refractivity contribution in [2.75, 3.05) is 37.7 Å². The Hall–Kier alpha value is -3.42. The Morgan fingerprint density at radius 3 is 2.52 bits per heavy atom. The van der Waals surface area contributed by atoms with Crippen LogP contribution in [0.2, 0.25) is 0 Å². The number of fused-ring (bicyclic) bond motifs is 1. The summed E-state index contributed by atoms with van der Waals surface area (Å²) in [6.45, 7) is 2.01. The molecule has 0 N–H and O–H groups in total. The van der Waals surface area contributed by atoms with Crippen molar-refractivity contribution < 1.29 is 18.7 Å². The van der Waals surface area contributed by atoms with Gasteiger partial charge in [0.15, 0.2) is 6.61 Å². The van der Waals surface area contributed by atoms with Gasteiger partial charge in [0.05, 0.1) is 0 Å². The molecule has 1 amide bonds. The molecule has 27 heavy (non-hydrogen) atoms. The number of furan rings is 1. The normalized spacial score (nSPS) is 14.4. The Balaban J connectivity index is 1.29. The summed E-state index contributed by atoms with van der Waals surface area (Å²) in [5, 5.41) is 0.815. The Morgan fingerprint density at radius 1 is 1.04 bits per heavy atom. The van der Waals surface area contributed by atoms with Gasteiger partial charge in [0.2, 0.25) is 11.7 Å². The highest BCUT2D eigenvalue weighted by molar-refractivity contribution is 5.93. The molecular weight excluding hydrogens is 348 g/mol. The van der Waals surface area contributed by atoms with Crippen molar-refractivity contribution in [3.8, 4) is 0 Å². The van der Waals surface area contributed by atoms with Gasteiger partial charge in [-0.25, -0.2) is 14.8 Å². The van der Waals surface area contributed by atoms with E-state index in [4.69, 9.17) is 9.15 Å². The molecule has 3 aromatic rings. The minimum Gasteiger partial charge on any atom is -0.450 e. The van der Waals surface area contributed by atoms with Crippen molar-refractivity contribution in [3.05, 3.63) is 54.6 Å². The number of hydrogen-bond donors (Lipinski definition) is 0. The fraction of sp³-hybridized carbons (Fsp3) is 0.263. The van der Waals surface area contributed by atoms with E-state index in [1.165, 1.54) is 0 Å². The molecule has 0 aliphatic carbocycles. The van der Waals surface area contributed by atoms with Gasteiger partial charge in [-0.1, -0.05) is 18.2 Å². The van der Waals surface area contributed by atoms with Crippen LogP contribution in [-0.2, 0) is 9.53 Å². The monoisotopic (exact) mass is 366 g/mol. The van der Waals surface area contributed by atoms with Gasteiger partial charge in [-0.3, -0.25) is 4.79 Å². The minimum absolute atomic E-state index is 0.0926. The summed E-state index contributed by atoms with van der Waals surface area (Å²) in [5.74, 6) is -0.125. The highest BCUT2D eigenvalue weighted by atomic mass is 16.5. The average molecular weight is 366 g/mol. The number of hydrogen-bond acceptors (Lipinski definition) is 7. The summed E-state index contributed by atoms with van der Waals surface area (Å²) in [7, 11) is 0. The maximum Gasteiger partial charge on any atom is 0.374 e. The van der Waals surface area contributed by atoms with Crippen LogP contribution in [0.4, 0.5) is 5.95 Å². The van der Waals surface area contributed by atoms with E-state index in [1.54, 1.807) is 35.5 Å². The molecule has 1 saturated heterocycles. The van der Waals surface area contributed by atoms with Crippen LogP contribution in [0.25, 0.3) is 11.0 Å². The lowest BCUT2D eigenvalue weighted by Gasteiger charge is -2.34. The number of anilines is 1. The van der Waals surface area contributed by atoms with Crippen molar-refractivity contribution in [3.63, 3.8) is 0 Å². The third kappa shape index (κ3) is 3.74. The zero-order valence-electron chi connectivity index (χ0n) is 14.6. The summed E-state index contributed by atoms with van der Waals surface area (Å²) in [6, 6.07) is 10.7. The number of nitrogens with zero attached hydrogens (tertiary/aromatic N) is 4. The Kier molecular flexibility index (Phi) is 4.69. The van der Waals surface area contributed by atoms with Crippen LogP contribution >= 0.6 is 0 Å². The lowest BCUT2D eigenvalue weighted by Crippen LogP contribution is -2.50. The molecule has 2 aromatic heterocycles. The summed E-state index contributed by atoms with van der Waals surface area (Å²) in [5.41, 5.74) is 0.607.